The van der Waals surface area contributed by atoms with Crippen LogP contribution in [0.25, 0.3) is 11.0 Å². The van der Waals surface area contributed by atoms with Crippen molar-refractivity contribution < 1.29 is 18.7 Å². The number of carbonyl (C=O) groups is 2. The number of piperazine rings is 1. The van der Waals surface area contributed by atoms with Crippen LogP contribution in [0.3, 0.4) is 0 Å². The Morgan fingerprint density at radius 3 is 2.31 bits per heavy atom. The first-order chi connectivity index (χ1) is 15.3. The van der Waals surface area contributed by atoms with E-state index in [9.17, 15) is 14.4 Å². The van der Waals surface area contributed by atoms with Gasteiger partial charge in [0.05, 0.1) is 5.41 Å². The van der Waals surface area contributed by atoms with Crippen molar-refractivity contribution >= 4 is 22.8 Å². The summed E-state index contributed by atoms with van der Waals surface area (Å²) in [4.78, 5) is 40.6. The summed E-state index contributed by atoms with van der Waals surface area (Å²) in [6.45, 7) is 5.65. The summed E-state index contributed by atoms with van der Waals surface area (Å²) in [5.74, 6) is 0.373. The molecule has 2 heterocycles. The molecule has 32 heavy (non-hydrogen) atoms. The first kappa shape index (κ1) is 21.6. The number of hydrogen-bond donors (Lipinski definition) is 0. The monoisotopic (exact) mass is 434 g/mol. The second kappa shape index (κ2) is 8.86. The Bertz CT molecular complexity index is 1180. The first-order valence-electron chi connectivity index (χ1n) is 10.6. The van der Waals surface area contributed by atoms with E-state index in [0.717, 1.165) is 10.9 Å². The summed E-state index contributed by atoms with van der Waals surface area (Å²) >= 11 is 0. The smallest absolute Gasteiger partial charge is 0.336 e. The average Bonchev–Trinajstić information content (AvgIpc) is 2.82. The lowest BCUT2D eigenvalue weighted by molar-refractivity contribution is -0.143. The van der Waals surface area contributed by atoms with E-state index in [0.29, 0.717) is 37.5 Å². The molecule has 2 amide bonds. The summed E-state index contributed by atoms with van der Waals surface area (Å²) in [6.07, 6.45) is 0. The molecule has 0 bridgehead atoms. The highest BCUT2D eigenvalue weighted by atomic mass is 16.5. The Balaban J connectivity index is 1.32. The van der Waals surface area contributed by atoms with Crippen LogP contribution in [0.1, 0.15) is 19.4 Å². The van der Waals surface area contributed by atoms with E-state index >= 15 is 0 Å². The van der Waals surface area contributed by atoms with Crippen LogP contribution in [0.4, 0.5) is 0 Å². The lowest BCUT2D eigenvalue weighted by Crippen LogP contribution is -2.55. The molecule has 1 aliphatic rings. The molecule has 3 aromatic rings. The zero-order valence-corrected chi connectivity index (χ0v) is 18.2. The lowest BCUT2D eigenvalue weighted by atomic mass is 9.83. The number of fused-ring (bicyclic) bond motifs is 1. The zero-order chi connectivity index (χ0) is 22.7. The van der Waals surface area contributed by atoms with E-state index in [2.05, 4.69) is 0 Å². The normalized spacial score (nSPS) is 14.4. The van der Waals surface area contributed by atoms with Crippen LogP contribution in [0.15, 0.2) is 69.9 Å². The van der Waals surface area contributed by atoms with Gasteiger partial charge in [0.15, 0.2) is 6.61 Å². The molecule has 0 atom stereocenters. The molecule has 0 saturated carbocycles. The molecule has 4 rings (SSSR count). The summed E-state index contributed by atoms with van der Waals surface area (Å²) in [5.41, 5.74) is 0.328. The van der Waals surface area contributed by atoms with Crippen LogP contribution in [0.5, 0.6) is 5.75 Å². The van der Waals surface area contributed by atoms with Gasteiger partial charge >= 0.3 is 5.63 Å². The van der Waals surface area contributed by atoms with Crippen molar-refractivity contribution in [2.45, 2.75) is 19.3 Å². The quantitative estimate of drug-likeness (QED) is 0.577. The number of hydrogen-bond acceptors (Lipinski definition) is 5. The fourth-order valence-electron chi connectivity index (χ4n) is 3.90. The van der Waals surface area contributed by atoms with E-state index in [4.69, 9.17) is 9.15 Å². The molecule has 7 heteroatoms. The Labute approximate surface area is 186 Å². The molecule has 1 aliphatic heterocycles. The van der Waals surface area contributed by atoms with Gasteiger partial charge in [-0.2, -0.15) is 0 Å². The Morgan fingerprint density at radius 2 is 1.59 bits per heavy atom. The SMILES string of the molecule is CC(C)(C(=O)N1CCN(C(=O)COc2ccc3ccc(=O)oc3c2)CC1)c1ccccc1. The summed E-state index contributed by atoms with van der Waals surface area (Å²) in [7, 11) is 0. The molecule has 0 unspecified atom stereocenters. The van der Waals surface area contributed by atoms with Gasteiger partial charge in [0.25, 0.3) is 5.91 Å². The Morgan fingerprint density at radius 1 is 0.938 bits per heavy atom. The fourth-order valence-corrected chi connectivity index (χ4v) is 3.90. The predicted octanol–water partition coefficient (Wildman–Crippen LogP) is 2.82. The van der Waals surface area contributed by atoms with E-state index in [1.807, 2.05) is 49.1 Å². The third kappa shape index (κ3) is 4.51. The molecule has 2 aromatic carbocycles. The highest BCUT2D eigenvalue weighted by Crippen LogP contribution is 2.26. The van der Waals surface area contributed by atoms with Crippen molar-refractivity contribution in [1.29, 1.82) is 0 Å². The number of amides is 2. The van der Waals surface area contributed by atoms with Gasteiger partial charge in [0, 0.05) is 43.7 Å². The van der Waals surface area contributed by atoms with E-state index in [-0.39, 0.29) is 18.4 Å². The van der Waals surface area contributed by atoms with Gasteiger partial charge in [0.2, 0.25) is 5.91 Å². The van der Waals surface area contributed by atoms with Crippen LogP contribution in [0.2, 0.25) is 0 Å². The largest absolute Gasteiger partial charge is 0.484 e. The number of nitrogens with zero attached hydrogens (tertiary/aromatic N) is 2. The van der Waals surface area contributed by atoms with Gasteiger partial charge in [-0.1, -0.05) is 30.3 Å². The van der Waals surface area contributed by atoms with E-state index in [1.54, 1.807) is 29.2 Å². The van der Waals surface area contributed by atoms with Crippen molar-refractivity contribution in [2.75, 3.05) is 32.8 Å². The zero-order valence-electron chi connectivity index (χ0n) is 18.2. The molecule has 1 aromatic heterocycles. The third-order valence-electron chi connectivity index (χ3n) is 5.91. The van der Waals surface area contributed by atoms with Gasteiger partial charge in [-0.05, 0) is 37.6 Å². The molecule has 0 N–H and O–H groups in total. The molecule has 1 saturated heterocycles. The van der Waals surface area contributed by atoms with Crippen LogP contribution in [-0.2, 0) is 15.0 Å². The molecule has 7 nitrogen and oxygen atoms in total. The van der Waals surface area contributed by atoms with Gasteiger partial charge in [-0.15, -0.1) is 0 Å². The maximum absolute atomic E-state index is 13.1. The third-order valence-corrected chi connectivity index (χ3v) is 5.91. The van der Waals surface area contributed by atoms with Crippen molar-refractivity contribution in [3.8, 4) is 5.75 Å². The lowest BCUT2D eigenvalue weighted by Gasteiger charge is -2.38. The second-order valence-corrected chi connectivity index (χ2v) is 8.41. The topological polar surface area (TPSA) is 80.1 Å². The van der Waals surface area contributed by atoms with Crippen LogP contribution < -0.4 is 10.4 Å². The highest BCUT2D eigenvalue weighted by Gasteiger charge is 2.35. The van der Waals surface area contributed by atoms with Gasteiger partial charge in [-0.25, -0.2) is 4.79 Å². The highest BCUT2D eigenvalue weighted by molar-refractivity contribution is 5.88. The number of carbonyl (C=O) groups excluding carboxylic acids is 2. The van der Waals surface area contributed by atoms with E-state index in [1.165, 1.54) is 6.07 Å². The predicted molar refractivity (Wildman–Crippen MR) is 121 cm³/mol. The summed E-state index contributed by atoms with van der Waals surface area (Å²) < 4.78 is 10.8. The molecular formula is C25H26N2O5. The second-order valence-electron chi connectivity index (χ2n) is 8.41. The number of benzene rings is 2. The number of rotatable bonds is 5. The molecule has 166 valence electrons. The average molecular weight is 434 g/mol. The fraction of sp³-hybridized carbons (Fsp3) is 0.320. The van der Waals surface area contributed by atoms with Gasteiger partial charge in [0.1, 0.15) is 11.3 Å². The molecule has 1 fully saturated rings. The van der Waals surface area contributed by atoms with Crippen LogP contribution in [-0.4, -0.2) is 54.4 Å². The van der Waals surface area contributed by atoms with Crippen molar-refractivity contribution in [2.24, 2.45) is 0 Å². The van der Waals surface area contributed by atoms with Gasteiger partial charge in [-0.3, -0.25) is 9.59 Å². The first-order valence-corrected chi connectivity index (χ1v) is 10.6. The standard InChI is InChI=1S/C25H26N2O5/c1-25(2,19-6-4-3-5-7-19)24(30)27-14-12-26(13-15-27)22(28)17-31-20-10-8-18-9-11-23(29)32-21(18)16-20/h3-11,16H,12-15,17H2,1-2H3. The maximum Gasteiger partial charge on any atom is 0.336 e. The minimum absolute atomic E-state index is 0.0599. The van der Waals surface area contributed by atoms with Crippen molar-refractivity contribution in [1.82, 2.24) is 9.80 Å². The van der Waals surface area contributed by atoms with Gasteiger partial charge < -0.3 is 19.0 Å². The Hall–Kier alpha value is -3.61. The maximum atomic E-state index is 13.1. The Kier molecular flexibility index (Phi) is 5.99. The minimum atomic E-state index is -0.623. The molecule has 0 aliphatic carbocycles. The van der Waals surface area contributed by atoms with Crippen LogP contribution in [0, 0.1) is 0 Å². The summed E-state index contributed by atoms with van der Waals surface area (Å²) in [5, 5.41) is 0.780. The van der Waals surface area contributed by atoms with E-state index < -0.39 is 11.0 Å². The van der Waals surface area contributed by atoms with Crippen molar-refractivity contribution in [3.63, 3.8) is 0 Å². The molecule has 0 spiro atoms. The molecule has 0 radical (unpaired) electrons. The summed E-state index contributed by atoms with van der Waals surface area (Å²) in [6, 6.07) is 17.9. The molecular weight excluding hydrogens is 408 g/mol. The van der Waals surface area contributed by atoms with Crippen LogP contribution >= 0.6 is 0 Å². The number of ether oxygens (including phenoxy) is 1. The van der Waals surface area contributed by atoms with Crippen molar-refractivity contribution in [3.05, 3.63) is 76.6 Å². The minimum Gasteiger partial charge on any atom is -0.484 e.